The van der Waals surface area contributed by atoms with Gasteiger partial charge in [0.1, 0.15) is 11.5 Å². The van der Waals surface area contributed by atoms with Gasteiger partial charge in [-0.05, 0) is 55.7 Å². The maximum Gasteiger partial charge on any atom is 0.123 e. The van der Waals surface area contributed by atoms with Crippen LogP contribution in [0.25, 0.3) is 0 Å². The first kappa shape index (κ1) is 16.3. The molecule has 0 bridgehead atoms. The highest BCUT2D eigenvalue weighted by Crippen LogP contribution is 2.39. The molecule has 0 heterocycles. The van der Waals surface area contributed by atoms with Crippen LogP contribution in [-0.2, 0) is 0 Å². The third-order valence-electron chi connectivity index (χ3n) is 3.03. The fourth-order valence-electron chi connectivity index (χ4n) is 1.83. The van der Waals surface area contributed by atoms with Crippen LogP contribution in [0.4, 0.5) is 0 Å². The minimum absolute atomic E-state index is 0.433. The van der Waals surface area contributed by atoms with Crippen LogP contribution >= 0.6 is 17.6 Å². The number of hydrogen-bond acceptors (Lipinski definition) is 2. The molecule has 0 amide bonds. The Morgan fingerprint density at radius 1 is 0.857 bits per heavy atom. The Bertz CT molecular complexity index is 523. The summed E-state index contributed by atoms with van der Waals surface area (Å²) >= 11 is 0. The van der Waals surface area contributed by atoms with Gasteiger partial charge in [0.2, 0.25) is 0 Å². The van der Waals surface area contributed by atoms with Gasteiger partial charge in [0, 0.05) is 0 Å². The van der Waals surface area contributed by atoms with Gasteiger partial charge in [-0.25, -0.2) is 0 Å². The van der Waals surface area contributed by atoms with E-state index in [4.69, 9.17) is 9.05 Å². The smallest absolute Gasteiger partial charge is 0.123 e. The summed E-state index contributed by atoms with van der Waals surface area (Å²) in [6.07, 6.45) is 1.06. The first-order valence-electron chi connectivity index (χ1n) is 7.15. The van der Waals surface area contributed by atoms with Crippen molar-refractivity contribution in [1.82, 2.24) is 0 Å². The molecule has 0 spiro atoms. The van der Waals surface area contributed by atoms with Gasteiger partial charge in [-0.3, -0.25) is 0 Å². The fourth-order valence-corrected chi connectivity index (χ4v) is 3.52. The van der Waals surface area contributed by atoms with Crippen molar-refractivity contribution in [3.05, 3.63) is 59.7 Å². The highest BCUT2D eigenvalue weighted by Gasteiger charge is 2.10. The second-order valence-electron chi connectivity index (χ2n) is 5.03. The van der Waals surface area contributed by atoms with E-state index in [1.165, 1.54) is 11.1 Å². The first-order valence-corrected chi connectivity index (χ1v) is 9.12. The fraction of sp³-hybridized carbons (Fsp3) is 0.294. The lowest BCUT2D eigenvalue weighted by Gasteiger charge is -2.16. The molecule has 2 rings (SSSR count). The lowest BCUT2D eigenvalue weighted by atomic mass is 10.2. The molecule has 4 heteroatoms. The molecular formula is C17H22O2P2. The summed E-state index contributed by atoms with van der Waals surface area (Å²) in [7, 11) is 0.867. The van der Waals surface area contributed by atoms with Crippen molar-refractivity contribution in [3.8, 4) is 11.5 Å². The molecule has 0 saturated carbocycles. The van der Waals surface area contributed by atoms with E-state index in [0.29, 0.717) is 23.0 Å². The quantitative estimate of drug-likeness (QED) is 0.611. The van der Waals surface area contributed by atoms with Crippen LogP contribution in [0.1, 0.15) is 24.5 Å². The molecule has 0 radical (unpaired) electrons. The third-order valence-corrected chi connectivity index (χ3v) is 5.83. The zero-order chi connectivity index (χ0) is 15.1. The zero-order valence-electron chi connectivity index (χ0n) is 12.7. The Kier molecular flexibility index (Phi) is 6.49. The molecule has 2 atom stereocenters. The van der Waals surface area contributed by atoms with E-state index in [-0.39, 0.29) is 0 Å². The second-order valence-corrected chi connectivity index (χ2v) is 7.88. The van der Waals surface area contributed by atoms with E-state index in [2.05, 4.69) is 45.0 Å². The van der Waals surface area contributed by atoms with E-state index >= 15 is 0 Å². The van der Waals surface area contributed by atoms with E-state index in [9.17, 15) is 0 Å². The minimum atomic E-state index is 0.433. The molecule has 0 aromatic heterocycles. The van der Waals surface area contributed by atoms with Gasteiger partial charge in [-0.15, -0.1) is 0 Å². The van der Waals surface area contributed by atoms with Crippen LogP contribution < -0.4 is 9.05 Å². The number of rotatable bonds is 7. The predicted molar refractivity (Wildman–Crippen MR) is 94.3 cm³/mol. The van der Waals surface area contributed by atoms with Gasteiger partial charge >= 0.3 is 0 Å². The predicted octanol–water partition coefficient (Wildman–Crippen LogP) is 5.68. The first-order chi connectivity index (χ1) is 10.2. The van der Waals surface area contributed by atoms with Crippen molar-refractivity contribution in [3.63, 3.8) is 0 Å². The van der Waals surface area contributed by atoms with E-state index in [1.54, 1.807) is 0 Å². The van der Waals surface area contributed by atoms with Gasteiger partial charge in [0.15, 0.2) is 0 Å². The van der Waals surface area contributed by atoms with Gasteiger partial charge in [0.05, 0.1) is 23.0 Å². The molecular weight excluding hydrogens is 298 g/mol. The Morgan fingerprint density at radius 2 is 1.33 bits per heavy atom. The highest BCUT2D eigenvalue weighted by atomic mass is 31.1. The summed E-state index contributed by atoms with van der Waals surface area (Å²) in [4.78, 5) is 0. The van der Waals surface area contributed by atoms with Crippen molar-refractivity contribution in [2.24, 2.45) is 0 Å². The van der Waals surface area contributed by atoms with Crippen molar-refractivity contribution >= 4 is 17.6 Å². The van der Waals surface area contributed by atoms with Gasteiger partial charge in [-0.1, -0.05) is 31.2 Å². The molecule has 2 nitrogen and oxygen atoms in total. The van der Waals surface area contributed by atoms with E-state index in [1.807, 2.05) is 24.3 Å². The molecule has 112 valence electrons. The average molecular weight is 320 g/mol. The zero-order valence-corrected chi connectivity index (χ0v) is 14.7. The normalized spacial score (nSPS) is 13.1. The third kappa shape index (κ3) is 5.65. The molecule has 0 aliphatic heterocycles. The van der Waals surface area contributed by atoms with Crippen LogP contribution in [-0.4, -0.2) is 5.40 Å². The van der Waals surface area contributed by atoms with Gasteiger partial charge in [-0.2, -0.15) is 0 Å². The van der Waals surface area contributed by atoms with E-state index in [0.717, 1.165) is 17.9 Å². The topological polar surface area (TPSA) is 18.5 Å². The number of hydrogen-bond donors (Lipinski definition) is 0. The highest BCUT2D eigenvalue weighted by molar-refractivity contribution is 7.52. The van der Waals surface area contributed by atoms with Gasteiger partial charge < -0.3 is 9.05 Å². The Labute approximate surface area is 131 Å². The molecule has 21 heavy (non-hydrogen) atoms. The maximum atomic E-state index is 5.91. The molecule has 0 saturated heterocycles. The monoisotopic (exact) mass is 320 g/mol. The van der Waals surface area contributed by atoms with Crippen LogP contribution in [0.15, 0.2) is 48.5 Å². The Balaban J connectivity index is 1.83. The van der Waals surface area contributed by atoms with Crippen molar-refractivity contribution in [2.45, 2.75) is 32.6 Å². The maximum absolute atomic E-state index is 5.91. The Morgan fingerprint density at radius 3 is 1.71 bits per heavy atom. The average Bonchev–Trinajstić information content (AvgIpc) is 2.47. The molecule has 2 unspecified atom stereocenters. The molecule has 0 aliphatic carbocycles. The molecule has 0 fully saturated rings. The summed E-state index contributed by atoms with van der Waals surface area (Å²) in [5.74, 6) is 1.90. The van der Waals surface area contributed by atoms with Crippen molar-refractivity contribution < 1.29 is 9.05 Å². The molecule has 0 aliphatic rings. The minimum Gasteiger partial charge on any atom is -0.476 e. The van der Waals surface area contributed by atoms with Crippen molar-refractivity contribution in [2.75, 3.05) is 0 Å². The van der Waals surface area contributed by atoms with Gasteiger partial charge in [0.25, 0.3) is 0 Å². The number of benzene rings is 2. The van der Waals surface area contributed by atoms with Crippen LogP contribution in [0.3, 0.4) is 0 Å². The SMILES string of the molecule is CCC(POc1cccc(C)c1)POc1cccc(C)c1. The summed E-state index contributed by atoms with van der Waals surface area (Å²) < 4.78 is 11.8. The van der Waals surface area contributed by atoms with Crippen LogP contribution in [0, 0.1) is 13.8 Å². The standard InChI is InChI=1S/C17H22O2P2/c1-4-17(20-18-15-9-5-7-13(2)11-15)21-19-16-10-6-8-14(3)12-16/h5-12,17,20-21H,4H2,1-3H3. The summed E-state index contributed by atoms with van der Waals surface area (Å²) in [5.41, 5.74) is 2.45. The number of aryl methyl sites for hydroxylation is 2. The lowest BCUT2D eigenvalue weighted by molar-refractivity contribution is 0.607. The molecule has 0 N–H and O–H groups in total. The second kappa shape index (κ2) is 8.37. The Hall–Kier alpha value is -1.10. The van der Waals surface area contributed by atoms with Crippen LogP contribution in [0.5, 0.6) is 11.5 Å². The summed E-state index contributed by atoms with van der Waals surface area (Å²) in [5, 5.41) is 0.450. The van der Waals surface area contributed by atoms with Crippen LogP contribution in [0.2, 0.25) is 0 Å². The largest absolute Gasteiger partial charge is 0.476 e. The summed E-state index contributed by atoms with van der Waals surface area (Å²) in [6, 6.07) is 16.4. The lowest BCUT2D eigenvalue weighted by Crippen LogP contribution is -1.96. The molecule has 2 aromatic carbocycles. The summed E-state index contributed by atoms with van der Waals surface area (Å²) in [6.45, 7) is 6.34. The van der Waals surface area contributed by atoms with Crippen molar-refractivity contribution in [1.29, 1.82) is 0 Å². The molecule has 2 aromatic rings. The van der Waals surface area contributed by atoms with E-state index < -0.39 is 0 Å².